The van der Waals surface area contributed by atoms with E-state index in [1.807, 2.05) is 0 Å². The van der Waals surface area contributed by atoms with E-state index >= 15 is 0 Å². The third kappa shape index (κ3) is 3.29. The molecule has 0 aromatic rings. The number of carbonyl (C=O) groups excluding carboxylic acids is 1. The Balaban J connectivity index is 1.79. The van der Waals surface area contributed by atoms with Crippen LogP contribution >= 0.6 is 0 Å². The van der Waals surface area contributed by atoms with Crippen LogP contribution in [0.3, 0.4) is 0 Å². The maximum Gasteiger partial charge on any atom is 0.149 e. The largest absolute Gasteiger partial charge is 0.325 e. The Bertz CT molecular complexity index is 298. The Kier molecular flexibility index (Phi) is 4.73. The van der Waals surface area contributed by atoms with Crippen molar-refractivity contribution in [2.24, 2.45) is 17.6 Å². The summed E-state index contributed by atoms with van der Waals surface area (Å²) >= 11 is 0. The molecular formula is C14H25FN2O. The van der Waals surface area contributed by atoms with Crippen LogP contribution in [0.5, 0.6) is 0 Å². The van der Waals surface area contributed by atoms with Gasteiger partial charge in [0.05, 0.1) is 6.54 Å². The molecule has 0 bridgehead atoms. The quantitative estimate of drug-likeness (QED) is 0.837. The fourth-order valence-electron chi connectivity index (χ4n) is 3.27. The summed E-state index contributed by atoms with van der Waals surface area (Å²) in [5, 5.41) is 0. The smallest absolute Gasteiger partial charge is 0.149 e. The van der Waals surface area contributed by atoms with Crippen LogP contribution in [0.2, 0.25) is 0 Å². The van der Waals surface area contributed by atoms with Gasteiger partial charge in [0.2, 0.25) is 0 Å². The predicted molar refractivity (Wildman–Crippen MR) is 70.1 cm³/mol. The molecule has 4 heteroatoms. The van der Waals surface area contributed by atoms with Crippen molar-refractivity contribution < 1.29 is 9.18 Å². The molecule has 4 unspecified atom stereocenters. The lowest BCUT2D eigenvalue weighted by Gasteiger charge is -2.36. The van der Waals surface area contributed by atoms with Crippen molar-refractivity contribution in [2.45, 2.75) is 51.2 Å². The highest BCUT2D eigenvalue weighted by Gasteiger charge is 2.31. The fourth-order valence-corrected chi connectivity index (χ4v) is 3.27. The number of nitrogens with two attached hydrogens (primary N) is 1. The summed E-state index contributed by atoms with van der Waals surface area (Å²) in [5.41, 5.74) is 5.69. The lowest BCUT2D eigenvalue weighted by Crippen LogP contribution is -2.45. The molecule has 2 rings (SSSR count). The molecule has 0 spiro atoms. The highest BCUT2D eigenvalue weighted by molar-refractivity contribution is 5.83. The molecule has 0 radical (unpaired) electrons. The molecule has 4 atom stereocenters. The van der Waals surface area contributed by atoms with Crippen LogP contribution in [0.25, 0.3) is 0 Å². The van der Waals surface area contributed by atoms with Gasteiger partial charge in [-0.3, -0.25) is 9.69 Å². The Morgan fingerprint density at radius 1 is 1.39 bits per heavy atom. The Morgan fingerprint density at radius 2 is 2.17 bits per heavy atom. The van der Waals surface area contributed by atoms with Gasteiger partial charge in [0.15, 0.2) is 0 Å². The van der Waals surface area contributed by atoms with Gasteiger partial charge in [0.1, 0.15) is 12.0 Å². The van der Waals surface area contributed by atoms with Gasteiger partial charge < -0.3 is 5.73 Å². The second-order valence-corrected chi connectivity index (χ2v) is 5.95. The average molecular weight is 256 g/mol. The van der Waals surface area contributed by atoms with Gasteiger partial charge in [-0.2, -0.15) is 0 Å². The molecule has 3 nitrogen and oxygen atoms in total. The van der Waals surface area contributed by atoms with Crippen LogP contribution in [0.15, 0.2) is 0 Å². The molecule has 0 amide bonds. The summed E-state index contributed by atoms with van der Waals surface area (Å²) in [6.07, 6.45) is 3.43. The van der Waals surface area contributed by atoms with Gasteiger partial charge in [0.25, 0.3) is 0 Å². The molecule has 1 aliphatic heterocycles. The van der Waals surface area contributed by atoms with E-state index in [1.165, 1.54) is 0 Å². The molecule has 2 fully saturated rings. The van der Waals surface area contributed by atoms with Crippen LogP contribution in [0.1, 0.15) is 39.0 Å². The molecule has 18 heavy (non-hydrogen) atoms. The first kappa shape index (κ1) is 13.9. The second-order valence-electron chi connectivity index (χ2n) is 5.95. The number of alkyl halides is 1. The zero-order valence-electron chi connectivity index (χ0n) is 11.3. The van der Waals surface area contributed by atoms with Crippen LogP contribution in [-0.2, 0) is 4.79 Å². The van der Waals surface area contributed by atoms with E-state index in [2.05, 4.69) is 11.8 Å². The van der Waals surface area contributed by atoms with Gasteiger partial charge in [0, 0.05) is 18.5 Å². The van der Waals surface area contributed by atoms with Gasteiger partial charge in [-0.1, -0.05) is 6.92 Å². The van der Waals surface area contributed by atoms with Crippen molar-refractivity contribution in [3.05, 3.63) is 0 Å². The summed E-state index contributed by atoms with van der Waals surface area (Å²) in [5.74, 6) is 1.01. The van der Waals surface area contributed by atoms with E-state index in [4.69, 9.17) is 5.73 Å². The van der Waals surface area contributed by atoms with Crippen LogP contribution in [0.4, 0.5) is 4.39 Å². The van der Waals surface area contributed by atoms with E-state index in [0.29, 0.717) is 24.7 Å². The Hall–Kier alpha value is -0.480. The van der Waals surface area contributed by atoms with Crippen molar-refractivity contribution in [3.63, 3.8) is 0 Å². The Labute approximate surface area is 109 Å². The zero-order valence-corrected chi connectivity index (χ0v) is 11.3. The third-order valence-corrected chi connectivity index (χ3v) is 4.57. The zero-order chi connectivity index (χ0) is 13.1. The van der Waals surface area contributed by atoms with E-state index < -0.39 is 6.17 Å². The van der Waals surface area contributed by atoms with Crippen LogP contribution in [0, 0.1) is 11.8 Å². The first-order valence-electron chi connectivity index (χ1n) is 7.24. The van der Waals surface area contributed by atoms with Crippen molar-refractivity contribution in [1.29, 1.82) is 0 Å². The number of likely N-dealkylation sites (tertiary alicyclic amines) is 1. The minimum atomic E-state index is -0.854. The topological polar surface area (TPSA) is 46.3 Å². The Morgan fingerprint density at radius 3 is 2.78 bits per heavy atom. The first-order valence-corrected chi connectivity index (χ1v) is 7.24. The summed E-state index contributed by atoms with van der Waals surface area (Å²) in [4.78, 5) is 14.1. The second kappa shape index (κ2) is 6.11. The number of ketones is 1. The number of piperidine rings is 1. The monoisotopic (exact) mass is 256 g/mol. The van der Waals surface area contributed by atoms with E-state index in [9.17, 15) is 9.18 Å². The number of halogens is 1. The lowest BCUT2D eigenvalue weighted by molar-refractivity contribution is -0.127. The van der Waals surface area contributed by atoms with Crippen molar-refractivity contribution in [3.8, 4) is 0 Å². The number of hydrogen-bond acceptors (Lipinski definition) is 3. The highest BCUT2D eigenvalue weighted by atomic mass is 19.1. The summed E-state index contributed by atoms with van der Waals surface area (Å²) in [7, 11) is 0. The molecular weight excluding hydrogens is 231 g/mol. The van der Waals surface area contributed by atoms with E-state index in [1.54, 1.807) is 0 Å². The SMILES string of the molecule is CCC1CCN(CC2CCC(N)C(F)C2)CC1=O. The maximum atomic E-state index is 13.6. The van der Waals surface area contributed by atoms with Crippen molar-refractivity contribution >= 4 is 5.78 Å². The minimum absolute atomic E-state index is 0.259. The van der Waals surface area contributed by atoms with Gasteiger partial charge in [-0.15, -0.1) is 0 Å². The van der Waals surface area contributed by atoms with Crippen molar-refractivity contribution in [1.82, 2.24) is 4.90 Å². The molecule has 1 saturated carbocycles. The summed E-state index contributed by atoms with van der Waals surface area (Å²) in [6, 6.07) is -0.270. The molecule has 2 aliphatic rings. The molecule has 104 valence electrons. The molecule has 0 aromatic heterocycles. The molecule has 1 heterocycles. The van der Waals surface area contributed by atoms with Crippen LogP contribution in [-0.4, -0.2) is 42.5 Å². The van der Waals surface area contributed by atoms with Crippen molar-refractivity contribution in [2.75, 3.05) is 19.6 Å². The summed E-state index contributed by atoms with van der Waals surface area (Å²) in [6.45, 7) is 4.51. The maximum absolute atomic E-state index is 13.6. The molecule has 1 saturated heterocycles. The number of rotatable bonds is 3. The molecule has 1 aliphatic carbocycles. The number of Topliss-reactive ketones (excluding diaryl/α,β-unsaturated/α-hetero) is 1. The normalized spacial score (nSPS) is 38.9. The van der Waals surface area contributed by atoms with E-state index in [-0.39, 0.29) is 12.0 Å². The molecule has 2 N–H and O–H groups in total. The molecule has 0 aromatic carbocycles. The fraction of sp³-hybridized carbons (Fsp3) is 0.929. The standard InChI is InChI=1S/C14H25FN2O/c1-2-11-5-6-17(9-14(11)18)8-10-3-4-13(16)12(15)7-10/h10-13H,2-9,16H2,1H3. The van der Waals surface area contributed by atoms with Gasteiger partial charge >= 0.3 is 0 Å². The summed E-state index contributed by atoms with van der Waals surface area (Å²) < 4.78 is 13.6. The van der Waals surface area contributed by atoms with Gasteiger partial charge in [-0.05, 0) is 44.6 Å². The van der Waals surface area contributed by atoms with Gasteiger partial charge in [-0.25, -0.2) is 4.39 Å². The van der Waals surface area contributed by atoms with E-state index in [0.717, 1.165) is 38.8 Å². The average Bonchev–Trinajstić information content (AvgIpc) is 2.34. The number of hydrogen-bond donors (Lipinski definition) is 1. The van der Waals surface area contributed by atoms with Crippen LogP contribution < -0.4 is 5.73 Å². The first-order chi connectivity index (χ1) is 8.60. The highest BCUT2D eigenvalue weighted by Crippen LogP contribution is 2.27. The number of nitrogens with zero attached hydrogens (tertiary/aromatic N) is 1. The third-order valence-electron chi connectivity index (χ3n) is 4.57. The predicted octanol–water partition coefficient (Wildman–Crippen LogP) is 1.75. The minimum Gasteiger partial charge on any atom is -0.325 e. The number of carbonyl (C=O) groups is 1. The lowest BCUT2D eigenvalue weighted by atomic mass is 9.84.